The molecular weight excluding hydrogens is 436 g/mol. The number of amides is 2. The van der Waals surface area contributed by atoms with Gasteiger partial charge in [0.2, 0.25) is 11.8 Å². The molecule has 0 saturated carbocycles. The fourth-order valence-corrected chi connectivity index (χ4v) is 5.94. The van der Waals surface area contributed by atoms with Crippen molar-refractivity contribution in [1.82, 2.24) is 9.80 Å². The van der Waals surface area contributed by atoms with Gasteiger partial charge in [0.15, 0.2) is 0 Å². The van der Waals surface area contributed by atoms with Crippen LogP contribution in [0.4, 0.5) is 0 Å². The van der Waals surface area contributed by atoms with Gasteiger partial charge in [-0.15, -0.1) is 0 Å². The maximum absolute atomic E-state index is 14.1. The van der Waals surface area contributed by atoms with Crippen LogP contribution in [0.15, 0.2) is 24.3 Å². The van der Waals surface area contributed by atoms with Gasteiger partial charge in [-0.25, -0.2) is 0 Å². The second kappa shape index (κ2) is 9.11. The Balaban J connectivity index is 1.88. The summed E-state index contributed by atoms with van der Waals surface area (Å²) in [6.45, 7) is 10.1. The van der Waals surface area contributed by atoms with Gasteiger partial charge in [0.25, 0.3) is 0 Å². The predicted octanol–water partition coefficient (Wildman–Crippen LogP) is 2.06. The third-order valence-corrected chi connectivity index (χ3v) is 7.66. The van der Waals surface area contributed by atoms with Crippen LogP contribution in [0.5, 0.6) is 0 Å². The van der Waals surface area contributed by atoms with Crippen LogP contribution >= 0.6 is 0 Å². The third kappa shape index (κ3) is 3.88. The van der Waals surface area contributed by atoms with Crippen molar-refractivity contribution in [1.29, 1.82) is 0 Å². The number of ether oxygens (including phenoxy) is 2. The molecule has 0 aromatic carbocycles. The molecule has 0 aromatic rings. The largest absolute Gasteiger partial charge is 0.465 e. The lowest BCUT2D eigenvalue weighted by Gasteiger charge is -2.42. The smallest absolute Gasteiger partial charge is 0.312 e. The van der Waals surface area contributed by atoms with E-state index in [1.165, 1.54) is 4.90 Å². The molecule has 4 rings (SSSR count). The van der Waals surface area contributed by atoms with E-state index in [2.05, 4.69) is 0 Å². The number of nitrogens with zero attached hydrogens (tertiary/aromatic N) is 2. The Morgan fingerprint density at radius 1 is 1.15 bits per heavy atom. The summed E-state index contributed by atoms with van der Waals surface area (Å²) < 4.78 is 12.2. The first kappa shape index (κ1) is 24.9. The van der Waals surface area contributed by atoms with E-state index in [-0.39, 0.29) is 24.3 Å². The Morgan fingerprint density at radius 3 is 2.53 bits per heavy atom. The van der Waals surface area contributed by atoms with E-state index >= 15 is 0 Å². The maximum atomic E-state index is 14.1. The highest BCUT2D eigenvalue weighted by Gasteiger charge is 2.72. The van der Waals surface area contributed by atoms with Gasteiger partial charge < -0.3 is 24.4 Å². The van der Waals surface area contributed by atoms with Crippen molar-refractivity contribution in [3.63, 3.8) is 0 Å². The van der Waals surface area contributed by atoms with Crippen LogP contribution in [0.25, 0.3) is 0 Å². The molecule has 1 N–H and O–H groups in total. The zero-order chi connectivity index (χ0) is 24.8. The minimum atomic E-state index is -1.30. The molecule has 0 bridgehead atoms. The summed E-state index contributed by atoms with van der Waals surface area (Å²) >= 11 is 0. The Kier molecular flexibility index (Phi) is 6.68. The highest BCUT2D eigenvalue weighted by molar-refractivity contribution is 5.99. The first-order chi connectivity index (χ1) is 16.0. The van der Waals surface area contributed by atoms with E-state index in [9.17, 15) is 19.5 Å². The zero-order valence-electron chi connectivity index (χ0n) is 20.9. The van der Waals surface area contributed by atoms with Crippen LogP contribution in [0.3, 0.4) is 0 Å². The molecule has 8 heteroatoms. The van der Waals surface area contributed by atoms with Gasteiger partial charge in [0, 0.05) is 12.1 Å². The van der Waals surface area contributed by atoms with Gasteiger partial charge in [-0.3, -0.25) is 14.4 Å². The van der Waals surface area contributed by atoms with Crippen LogP contribution in [0, 0.1) is 17.8 Å². The Bertz CT molecular complexity index is 890. The lowest BCUT2D eigenvalue weighted by atomic mass is 9.77. The van der Waals surface area contributed by atoms with E-state index in [0.29, 0.717) is 13.2 Å². The Hall–Kier alpha value is -2.19. The third-order valence-electron chi connectivity index (χ3n) is 7.66. The van der Waals surface area contributed by atoms with Gasteiger partial charge >= 0.3 is 5.97 Å². The number of rotatable bonds is 3. The monoisotopic (exact) mass is 474 g/mol. The normalized spacial score (nSPS) is 36.0. The number of aliphatic hydroxyl groups is 1. The zero-order valence-corrected chi connectivity index (χ0v) is 20.9. The molecular formula is C26H38N2O6. The quantitative estimate of drug-likeness (QED) is 0.497. The summed E-state index contributed by atoms with van der Waals surface area (Å²) in [6.07, 6.45) is 9.39. The molecule has 0 aromatic heterocycles. The average molecular weight is 475 g/mol. The van der Waals surface area contributed by atoms with Gasteiger partial charge in [-0.2, -0.15) is 0 Å². The highest BCUT2D eigenvalue weighted by Crippen LogP contribution is 2.54. The molecule has 2 saturated heterocycles. The minimum absolute atomic E-state index is 0.0976. The van der Waals surface area contributed by atoms with Gasteiger partial charge in [-0.1, -0.05) is 38.2 Å². The van der Waals surface area contributed by atoms with Gasteiger partial charge in [-0.05, 0) is 46.0 Å². The average Bonchev–Trinajstić information content (AvgIpc) is 3.13. The van der Waals surface area contributed by atoms with Crippen LogP contribution in [0.1, 0.15) is 53.9 Å². The van der Waals surface area contributed by atoms with Crippen molar-refractivity contribution in [3.8, 4) is 0 Å². The SMILES string of the molecule is CC(C)[C@H](CO)N1C(=O)[C@@H]2[C@@H]3C(=O)OCCCC/C=C\[C@@H]3O[C@@]23C=CCN(C(C)(C)C)C(=O)C13. The molecule has 0 radical (unpaired) electrons. The van der Waals surface area contributed by atoms with Gasteiger partial charge in [0.05, 0.1) is 31.3 Å². The topological polar surface area (TPSA) is 96.4 Å². The number of hydrogen-bond acceptors (Lipinski definition) is 6. The molecule has 4 heterocycles. The fraction of sp³-hybridized carbons (Fsp3) is 0.731. The highest BCUT2D eigenvalue weighted by atomic mass is 16.6. The number of likely N-dealkylation sites (tertiary alicyclic amines) is 1. The summed E-state index contributed by atoms with van der Waals surface area (Å²) in [4.78, 5) is 44.8. The van der Waals surface area contributed by atoms with Gasteiger partial charge in [0.1, 0.15) is 17.6 Å². The lowest BCUT2D eigenvalue weighted by molar-refractivity contribution is -0.158. The number of carbonyl (C=O) groups excluding carboxylic acids is 3. The number of carbonyl (C=O) groups is 3. The molecule has 2 amide bonds. The molecule has 188 valence electrons. The predicted molar refractivity (Wildman–Crippen MR) is 125 cm³/mol. The first-order valence-electron chi connectivity index (χ1n) is 12.5. The molecule has 0 aliphatic carbocycles. The van der Waals surface area contributed by atoms with Crippen molar-refractivity contribution in [2.24, 2.45) is 17.8 Å². The fourth-order valence-electron chi connectivity index (χ4n) is 5.94. The second-order valence-corrected chi connectivity index (χ2v) is 11.2. The summed E-state index contributed by atoms with van der Waals surface area (Å²) in [7, 11) is 0. The van der Waals surface area contributed by atoms with Crippen LogP contribution in [-0.2, 0) is 23.9 Å². The molecule has 4 aliphatic rings. The van der Waals surface area contributed by atoms with Crippen molar-refractivity contribution >= 4 is 17.8 Å². The van der Waals surface area contributed by atoms with Crippen molar-refractivity contribution < 1.29 is 29.0 Å². The number of esters is 1. The van der Waals surface area contributed by atoms with Crippen molar-refractivity contribution in [3.05, 3.63) is 24.3 Å². The van der Waals surface area contributed by atoms with Crippen LogP contribution in [0.2, 0.25) is 0 Å². The number of cyclic esters (lactones) is 1. The molecule has 1 unspecified atom stereocenters. The molecule has 8 nitrogen and oxygen atoms in total. The standard InChI is InChI=1S/C26H38N2O6/c1-16(2)17(15-29)28-21-23(31)27(25(3,4)5)13-10-12-26(21)20(22(28)30)19-18(34-26)11-8-6-7-9-14-33-24(19)32/h8,10-12,16-21,29H,6-7,9,13-15H2,1-5H3/b11-8-/t17-,18-,19+,20-,21?,26-/m0/s1. The summed E-state index contributed by atoms with van der Waals surface area (Å²) in [5.41, 5.74) is -1.79. The summed E-state index contributed by atoms with van der Waals surface area (Å²) in [6, 6.07) is -1.55. The minimum Gasteiger partial charge on any atom is -0.465 e. The lowest BCUT2D eigenvalue weighted by Crippen LogP contribution is -2.61. The molecule has 2 fully saturated rings. The van der Waals surface area contributed by atoms with Crippen molar-refractivity contribution in [2.45, 2.75) is 83.2 Å². The Labute approximate surface area is 201 Å². The number of hydrogen-bond donors (Lipinski definition) is 1. The van der Waals surface area contributed by atoms with E-state index in [1.54, 1.807) is 4.90 Å². The molecule has 6 atom stereocenters. The first-order valence-corrected chi connectivity index (χ1v) is 12.5. The van der Waals surface area contributed by atoms with E-state index < -0.39 is 47.1 Å². The van der Waals surface area contributed by atoms with E-state index in [1.807, 2.05) is 58.9 Å². The number of allylic oxidation sites excluding steroid dienone is 1. The second-order valence-electron chi connectivity index (χ2n) is 11.2. The van der Waals surface area contributed by atoms with Crippen molar-refractivity contribution in [2.75, 3.05) is 19.8 Å². The molecule has 4 aliphatic heterocycles. The summed E-state index contributed by atoms with van der Waals surface area (Å²) in [5, 5.41) is 10.3. The number of aliphatic hydroxyl groups excluding tert-OH is 1. The van der Waals surface area contributed by atoms with Crippen LogP contribution in [-0.4, -0.2) is 81.8 Å². The molecule has 34 heavy (non-hydrogen) atoms. The summed E-state index contributed by atoms with van der Waals surface area (Å²) in [5.74, 6) is -2.86. The molecule has 1 spiro atoms. The van der Waals surface area contributed by atoms with Crippen LogP contribution < -0.4 is 0 Å². The Morgan fingerprint density at radius 2 is 1.88 bits per heavy atom. The van der Waals surface area contributed by atoms with E-state index in [4.69, 9.17) is 9.47 Å². The number of fused-ring (bicyclic) bond motifs is 2. The van der Waals surface area contributed by atoms with E-state index in [0.717, 1.165) is 19.3 Å². The maximum Gasteiger partial charge on any atom is 0.312 e.